The lowest BCUT2D eigenvalue weighted by molar-refractivity contribution is 0.0696. The van der Waals surface area contributed by atoms with E-state index in [1.807, 2.05) is 0 Å². The third kappa shape index (κ3) is 3.42. The second-order valence-corrected chi connectivity index (χ2v) is 4.29. The first kappa shape index (κ1) is 14.6. The summed E-state index contributed by atoms with van der Waals surface area (Å²) in [6.45, 7) is 0.0781. The van der Waals surface area contributed by atoms with E-state index in [4.69, 9.17) is 5.11 Å². The van der Waals surface area contributed by atoms with Crippen LogP contribution in [0.1, 0.15) is 26.3 Å². The van der Waals surface area contributed by atoms with Gasteiger partial charge in [-0.1, -0.05) is 18.2 Å². The van der Waals surface area contributed by atoms with E-state index in [9.17, 15) is 18.4 Å². The van der Waals surface area contributed by atoms with Crippen LogP contribution in [0, 0.1) is 11.6 Å². The molecule has 0 aliphatic rings. The number of carboxylic acids is 1. The Morgan fingerprint density at radius 2 is 1.71 bits per heavy atom. The molecule has 0 atom stereocenters. The van der Waals surface area contributed by atoms with Crippen molar-refractivity contribution < 1.29 is 23.5 Å². The highest BCUT2D eigenvalue weighted by atomic mass is 19.2. The molecule has 0 aromatic heterocycles. The van der Waals surface area contributed by atoms with Gasteiger partial charge < -0.3 is 10.4 Å². The zero-order chi connectivity index (χ0) is 15.4. The number of hydrogen-bond acceptors (Lipinski definition) is 2. The number of halogens is 2. The summed E-state index contributed by atoms with van der Waals surface area (Å²) in [6.07, 6.45) is 0. The van der Waals surface area contributed by atoms with Crippen LogP contribution in [-0.4, -0.2) is 17.0 Å². The number of nitrogens with one attached hydrogen (secondary N) is 1. The monoisotopic (exact) mass is 291 g/mol. The fourth-order valence-electron chi connectivity index (χ4n) is 1.72. The molecule has 0 saturated heterocycles. The van der Waals surface area contributed by atoms with Crippen LogP contribution in [0.2, 0.25) is 0 Å². The van der Waals surface area contributed by atoms with E-state index in [1.165, 1.54) is 36.4 Å². The van der Waals surface area contributed by atoms with Crippen molar-refractivity contribution in [3.05, 3.63) is 70.8 Å². The summed E-state index contributed by atoms with van der Waals surface area (Å²) < 4.78 is 26.4. The molecule has 0 saturated carbocycles. The van der Waals surface area contributed by atoms with Crippen molar-refractivity contribution in [2.24, 2.45) is 0 Å². The number of rotatable bonds is 4. The molecule has 0 unspecified atom stereocenters. The van der Waals surface area contributed by atoms with Crippen molar-refractivity contribution in [1.29, 1.82) is 0 Å². The molecule has 0 radical (unpaired) electrons. The van der Waals surface area contributed by atoms with Crippen molar-refractivity contribution in [3.63, 3.8) is 0 Å². The summed E-state index contributed by atoms with van der Waals surface area (Å²) in [6, 6.07) is 9.21. The molecule has 0 aliphatic carbocycles. The van der Waals surface area contributed by atoms with E-state index in [2.05, 4.69) is 5.32 Å². The second-order valence-electron chi connectivity index (χ2n) is 4.29. The largest absolute Gasteiger partial charge is 0.478 e. The first-order valence-electron chi connectivity index (χ1n) is 6.03. The molecule has 0 spiro atoms. The minimum atomic E-state index is -1.20. The van der Waals surface area contributed by atoms with Gasteiger partial charge in [0.2, 0.25) is 0 Å². The number of amides is 1. The summed E-state index contributed by atoms with van der Waals surface area (Å²) >= 11 is 0. The molecule has 108 valence electrons. The van der Waals surface area contributed by atoms with Gasteiger partial charge in [-0.3, -0.25) is 4.79 Å². The number of carboxylic acid groups (broad SMARTS) is 1. The maximum absolute atomic E-state index is 13.4. The summed E-state index contributed by atoms with van der Waals surface area (Å²) in [7, 11) is 0. The van der Waals surface area contributed by atoms with Crippen molar-refractivity contribution in [1.82, 2.24) is 5.32 Å². The standard InChI is InChI=1S/C15H11F2NO3/c16-12-3-1-2-11(13(12)17)14(19)18-8-9-4-6-10(7-5-9)15(20)21/h1-7H,8H2,(H,18,19)(H,20,21). The van der Waals surface area contributed by atoms with Gasteiger partial charge in [-0.15, -0.1) is 0 Å². The molecule has 4 nitrogen and oxygen atoms in total. The van der Waals surface area contributed by atoms with Crippen LogP contribution < -0.4 is 5.32 Å². The normalized spacial score (nSPS) is 10.2. The third-order valence-corrected chi connectivity index (χ3v) is 2.85. The zero-order valence-electron chi connectivity index (χ0n) is 10.8. The van der Waals surface area contributed by atoms with Gasteiger partial charge in [0.05, 0.1) is 11.1 Å². The number of carbonyl (C=O) groups excluding carboxylic acids is 1. The van der Waals surface area contributed by atoms with Gasteiger partial charge in [-0.05, 0) is 29.8 Å². The van der Waals surface area contributed by atoms with Gasteiger partial charge in [-0.2, -0.15) is 0 Å². The SMILES string of the molecule is O=C(O)c1ccc(CNC(=O)c2cccc(F)c2F)cc1. The Hall–Kier alpha value is -2.76. The van der Waals surface area contributed by atoms with Crippen LogP contribution in [0.25, 0.3) is 0 Å². The van der Waals surface area contributed by atoms with Gasteiger partial charge in [0.1, 0.15) is 0 Å². The molecule has 2 aromatic carbocycles. The average molecular weight is 291 g/mol. The van der Waals surface area contributed by atoms with E-state index in [0.29, 0.717) is 5.56 Å². The lowest BCUT2D eigenvalue weighted by Crippen LogP contribution is -2.24. The van der Waals surface area contributed by atoms with Crippen molar-refractivity contribution in [2.45, 2.75) is 6.54 Å². The van der Waals surface area contributed by atoms with Gasteiger partial charge in [0.15, 0.2) is 11.6 Å². The first-order chi connectivity index (χ1) is 9.99. The Morgan fingerprint density at radius 3 is 2.33 bits per heavy atom. The zero-order valence-corrected chi connectivity index (χ0v) is 10.8. The summed E-state index contributed by atoms with van der Waals surface area (Å²) in [4.78, 5) is 22.4. The maximum Gasteiger partial charge on any atom is 0.335 e. The third-order valence-electron chi connectivity index (χ3n) is 2.85. The fraction of sp³-hybridized carbons (Fsp3) is 0.0667. The number of carbonyl (C=O) groups is 2. The summed E-state index contributed by atoms with van der Waals surface area (Å²) in [5.74, 6) is -4.08. The van der Waals surface area contributed by atoms with Crippen LogP contribution in [0.3, 0.4) is 0 Å². The molecule has 2 rings (SSSR count). The second kappa shape index (κ2) is 6.13. The number of benzene rings is 2. The maximum atomic E-state index is 13.4. The number of hydrogen-bond donors (Lipinski definition) is 2. The molecule has 6 heteroatoms. The summed E-state index contributed by atoms with van der Waals surface area (Å²) in [5.41, 5.74) is 0.392. The highest BCUT2D eigenvalue weighted by molar-refractivity contribution is 5.94. The molecule has 21 heavy (non-hydrogen) atoms. The predicted octanol–water partition coefficient (Wildman–Crippen LogP) is 2.59. The Bertz CT molecular complexity index is 684. The minimum Gasteiger partial charge on any atom is -0.478 e. The van der Waals surface area contributed by atoms with E-state index < -0.39 is 23.5 Å². The lowest BCUT2D eigenvalue weighted by atomic mass is 10.1. The minimum absolute atomic E-state index is 0.0781. The van der Waals surface area contributed by atoms with Gasteiger partial charge in [0, 0.05) is 6.54 Å². The van der Waals surface area contributed by atoms with Crippen LogP contribution in [0.15, 0.2) is 42.5 Å². The van der Waals surface area contributed by atoms with Gasteiger partial charge >= 0.3 is 5.97 Å². The van der Waals surface area contributed by atoms with Crippen LogP contribution in [-0.2, 0) is 6.54 Å². The van der Waals surface area contributed by atoms with Crippen LogP contribution in [0.5, 0.6) is 0 Å². The molecular formula is C15H11F2NO3. The van der Waals surface area contributed by atoms with E-state index >= 15 is 0 Å². The van der Waals surface area contributed by atoms with Crippen molar-refractivity contribution in [3.8, 4) is 0 Å². The fourth-order valence-corrected chi connectivity index (χ4v) is 1.72. The van der Waals surface area contributed by atoms with E-state index in [-0.39, 0.29) is 17.7 Å². The summed E-state index contributed by atoms with van der Waals surface area (Å²) in [5, 5.41) is 11.2. The Balaban J connectivity index is 2.04. The Kier molecular flexibility index (Phi) is 4.27. The molecule has 0 heterocycles. The molecule has 2 aromatic rings. The highest BCUT2D eigenvalue weighted by Gasteiger charge is 2.14. The molecular weight excluding hydrogens is 280 g/mol. The molecule has 1 amide bonds. The highest BCUT2D eigenvalue weighted by Crippen LogP contribution is 2.11. The predicted molar refractivity (Wildman–Crippen MR) is 70.9 cm³/mol. The smallest absolute Gasteiger partial charge is 0.335 e. The van der Waals surface area contributed by atoms with Crippen LogP contribution >= 0.6 is 0 Å². The molecule has 2 N–H and O–H groups in total. The first-order valence-corrected chi connectivity index (χ1v) is 6.03. The molecule has 0 aliphatic heterocycles. The van der Waals surface area contributed by atoms with E-state index in [0.717, 1.165) is 6.07 Å². The van der Waals surface area contributed by atoms with Crippen molar-refractivity contribution >= 4 is 11.9 Å². The van der Waals surface area contributed by atoms with Crippen molar-refractivity contribution in [2.75, 3.05) is 0 Å². The van der Waals surface area contributed by atoms with E-state index in [1.54, 1.807) is 0 Å². The average Bonchev–Trinajstić information content (AvgIpc) is 2.48. The Morgan fingerprint density at radius 1 is 1.05 bits per heavy atom. The molecule has 0 fully saturated rings. The number of aromatic carboxylic acids is 1. The Labute approximate surface area is 119 Å². The lowest BCUT2D eigenvalue weighted by Gasteiger charge is -2.07. The van der Waals surface area contributed by atoms with Crippen LogP contribution in [0.4, 0.5) is 8.78 Å². The quantitative estimate of drug-likeness (QED) is 0.910. The molecule has 0 bridgehead atoms. The van der Waals surface area contributed by atoms with Gasteiger partial charge in [0.25, 0.3) is 5.91 Å². The topological polar surface area (TPSA) is 66.4 Å². The van der Waals surface area contributed by atoms with Gasteiger partial charge in [-0.25, -0.2) is 13.6 Å².